The molecule has 5 N–H and O–H groups in total. The Morgan fingerprint density at radius 2 is 1.65 bits per heavy atom. The molecular weight excluding hydrogens is 468 g/mol. The Morgan fingerprint density at radius 3 is 2.27 bits per heavy atom. The van der Waals surface area contributed by atoms with Crippen LogP contribution in [-0.4, -0.2) is 30.3 Å². The summed E-state index contributed by atoms with van der Waals surface area (Å²) in [6, 6.07) is 10.6. The van der Waals surface area contributed by atoms with Crippen LogP contribution in [0.3, 0.4) is 0 Å². The number of carboxylic acid groups (broad SMARTS) is 1. The van der Waals surface area contributed by atoms with Crippen LogP contribution < -0.4 is 16.2 Å². The van der Waals surface area contributed by atoms with Crippen LogP contribution in [0.1, 0.15) is 79.8 Å². The zero-order chi connectivity index (χ0) is 26.6. The number of carbonyl (C=O) groups is 2. The SMILES string of the molecule is CCCC1CCC(COc2ccc(C=CC(=O)OCCCCc3c(N)cc(C(=O)O)cc3N)cc2)CC1. The zero-order valence-corrected chi connectivity index (χ0v) is 21.8. The van der Waals surface area contributed by atoms with Crippen molar-refractivity contribution in [2.45, 2.75) is 64.7 Å². The number of ether oxygens (including phenoxy) is 2. The first-order valence-electron chi connectivity index (χ1n) is 13.3. The monoisotopic (exact) mass is 508 g/mol. The maximum atomic E-state index is 12.0. The lowest BCUT2D eigenvalue weighted by molar-refractivity contribution is -0.137. The number of unbranched alkanes of at least 4 members (excludes halogenated alkanes) is 1. The Hall–Kier alpha value is -3.48. The number of nitrogens with two attached hydrogens (primary N) is 2. The van der Waals surface area contributed by atoms with Gasteiger partial charge in [-0.05, 0) is 85.4 Å². The molecule has 0 bridgehead atoms. The molecule has 0 spiro atoms. The molecule has 0 radical (unpaired) electrons. The van der Waals surface area contributed by atoms with E-state index in [1.807, 2.05) is 24.3 Å². The Labute approximate surface area is 219 Å². The molecule has 2 aromatic rings. The molecule has 200 valence electrons. The van der Waals surface area contributed by atoms with Gasteiger partial charge in [-0.3, -0.25) is 0 Å². The van der Waals surface area contributed by atoms with Crippen molar-refractivity contribution in [1.82, 2.24) is 0 Å². The standard InChI is InChI=1S/C30H40N2O5/c1-2-5-21-7-9-23(10-8-21)20-37-25-14-11-22(12-15-25)13-16-29(33)36-17-4-3-6-26-27(31)18-24(30(34)35)19-28(26)32/h11-16,18-19,21,23H,2-10,17,20,31-32H2,1H3,(H,34,35). The van der Waals surface area contributed by atoms with Gasteiger partial charge in [0.15, 0.2) is 0 Å². The lowest BCUT2D eigenvalue weighted by Gasteiger charge is -2.28. The average Bonchev–Trinajstić information content (AvgIpc) is 2.89. The summed E-state index contributed by atoms with van der Waals surface area (Å²) >= 11 is 0. The Balaban J connectivity index is 1.33. The molecule has 0 heterocycles. The zero-order valence-electron chi connectivity index (χ0n) is 21.8. The summed E-state index contributed by atoms with van der Waals surface area (Å²) in [7, 11) is 0. The van der Waals surface area contributed by atoms with Crippen molar-refractivity contribution in [1.29, 1.82) is 0 Å². The number of anilines is 2. The molecule has 2 aromatic carbocycles. The molecule has 7 nitrogen and oxygen atoms in total. The summed E-state index contributed by atoms with van der Waals surface area (Å²) in [5.41, 5.74) is 14.3. The fourth-order valence-electron chi connectivity index (χ4n) is 4.90. The topological polar surface area (TPSA) is 125 Å². The first kappa shape index (κ1) is 28.1. The summed E-state index contributed by atoms with van der Waals surface area (Å²) in [4.78, 5) is 23.1. The van der Waals surface area contributed by atoms with Crippen molar-refractivity contribution < 1.29 is 24.2 Å². The van der Waals surface area contributed by atoms with E-state index in [1.165, 1.54) is 56.7 Å². The van der Waals surface area contributed by atoms with Crippen LogP contribution in [0.2, 0.25) is 0 Å². The Kier molecular flexibility index (Phi) is 10.9. The van der Waals surface area contributed by atoms with Crippen LogP contribution in [0.5, 0.6) is 5.75 Å². The summed E-state index contributed by atoms with van der Waals surface area (Å²) < 4.78 is 11.3. The van der Waals surface area contributed by atoms with E-state index in [9.17, 15) is 9.59 Å². The van der Waals surface area contributed by atoms with Crippen molar-refractivity contribution in [3.8, 4) is 5.75 Å². The van der Waals surface area contributed by atoms with Crippen LogP contribution in [0.25, 0.3) is 6.08 Å². The predicted octanol–water partition coefficient (Wildman–Crippen LogP) is 6.11. The van der Waals surface area contributed by atoms with E-state index in [4.69, 9.17) is 26.0 Å². The molecule has 1 fully saturated rings. The highest BCUT2D eigenvalue weighted by molar-refractivity contribution is 5.91. The first-order chi connectivity index (χ1) is 17.9. The van der Waals surface area contributed by atoms with E-state index in [2.05, 4.69) is 6.92 Å². The van der Waals surface area contributed by atoms with Gasteiger partial charge in [0.2, 0.25) is 0 Å². The van der Waals surface area contributed by atoms with Crippen molar-refractivity contribution in [3.63, 3.8) is 0 Å². The molecule has 0 amide bonds. The van der Waals surface area contributed by atoms with E-state index in [-0.39, 0.29) is 12.2 Å². The second-order valence-electron chi connectivity index (χ2n) is 9.95. The smallest absolute Gasteiger partial charge is 0.335 e. The van der Waals surface area contributed by atoms with Crippen molar-refractivity contribution in [2.24, 2.45) is 11.8 Å². The van der Waals surface area contributed by atoms with Gasteiger partial charge in [-0.15, -0.1) is 0 Å². The van der Waals surface area contributed by atoms with E-state index in [0.717, 1.165) is 29.4 Å². The van der Waals surface area contributed by atoms with Gasteiger partial charge in [-0.2, -0.15) is 0 Å². The van der Waals surface area contributed by atoms with Crippen molar-refractivity contribution in [3.05, 3.63) is 59.2 Å². The van der Waals surface area contributed by atoms with E-state index in [1.54, 1.807) is 6.08 Å². The van der Waals surface area contributed by atoms with Crippen molar-refractivity contribution >= 4 is 29.4 Å². The third-order valence-corrected chi connectivity index (χ3v) is 7.07. The molecule has 0 aromatic heterocycles. The molecule has 0 unspecified atom stereocenters. The number of rotatable bonds is 13. The summed E-state index contributed by atoms with van der Waals surface area (Å²) in [6.07, 6.45) is 12.9. The van der Waals surface area contributed by atoms with Gasteiger partial charge in [-0.1, -0.05) is 44.7 Å². The molecule has 1 saturated carbocycles. The molecule has 1 aliphatic carbocycles. The Morgan fingerprint density at radius 1 is 1.00 bits per heavy atom. The third kappa shape index (κ3) is 9.16. The molecule has 0 aliphatic heterocycles. The number of hydrogen-bond donors (Lipinski definition) is 3. The normalized spacial score (nSPS) is 17.5. The van der Waals surface area contributed by atoms with Crippen molar-refractivity contribution in [2.75, 3.05) is 24.7 Å². The average molecular weight is 509 g/mol. The number of benzene rings is 2. The van der Waals surface area contributed by atoms with Crippen LogP contribution >= 0.6 is 0 Å². The largest absolute Gasteiger partial charge is 0.493 e. The number of nitrogen functional groups attached to an aromatic ring is 2. The molecule has 1 aliphatic rings. The molecule has 0 atom stereocenters. The molecule has 0 saturated heterocycles. The van der Waals surface area contributed by atoms with Gasteiger partial charge >= 0.3 is 11.9 Å². The van der Waals surface area contributed by atoms with Gasteiger partial charge in [-0.25, -0.2) is 9.59 Å². The fraction of sp³-hybridized carbons (Fsp3) is 0.467. The number of carboxylic acids is 1. The van der Waals surface area contributed by atoms with Crippen LogP contribution in [0, 0.1) is 11.8 Å². The highest BCUT2D eigenvalue weighted by Gasteiger charge is 2.21. The second kappa shape index (κ2) is 14.3. The van der Waals surface area contributed by atoms with Crippen LogP contribution in [0.15, 0.2) is 42.5 Å². The predicted molar refractivity (Wildman–Crippen MR) is 147 cm³/mol. The number of carbonyl (C=O) groups excluding carboxylic acids is 1. The fourth-order valence-corrected chi connectivity index (χ4v) is 4.90. The van der Waals surface area contributed by atoms with Gasteiger partial charge < -0.3 is 26.0 Å². The minimum atomic E-state index is -1.07. The van der Waals surface area contributed by atoms with Gasteiger partial charge in [0, 0.05) is 17.5 Å². The number of hydrogen-bond acceptors (Lipinski definition) is 6. The third-order valence-electron chi connectivity index (χ3n) is 7.07. The van der Waals surface area contributed by atoms with Gasteiger partial charge in [0.05, 0.1) is 18.8 Å². The van der Waals surface area contributed by atoms with Gasteiger partial charge in [0.25, 0.3) is 0 Å². The lowest BCUT2D eigenvalue weighted by Crippen LogP contribution is -2.20. The van der Waals surface area contributed by atoms with Crippen LogP contribution in [-0.2, 0) is 16.0 Å². The summed E-state index contributed by atoms with van der Waals surface area (Å²) in [5, 5.41) is 9.07. The quantitative estimate of drug-likeness (QED) is 0.129. The van der Waals surface area contributed by atoms with E-state index >= 15 is 0 Å². The minimum absolute atomic E-state index is 0.0709. The number of esters is 1. The molecule has 3 rings (SSSR count). The molecule has 37 heavy (non-hydrogen) atoms. The number of aromatic carboxylic acids is 1. The maximum absolute atomic E-state index is 12.0. The summed E-state index contributed by atoms with van der Waals surface area (Å²) in [5.74, 6) is 0.944. The van der Waals surface area contributed by atoms with E-state index < -0.39 is 11.9 Å². The van der Waals surface area contributed by atoms with E-state index in [0.29, 0.717) is 36.6 Å². The minimum Gasteiger partial charge on any atom is -0.493 e. The molecular formula is C30H40N2O5. The molecule has 7 heteroatoms. The highest BCUT2D eigenvalue weighted by atomic mass is 16.5. The lowest BCUT2D eigenvalue weighted by atomic mass is 9.80. The summed E-state index contributed by atoms with van der Waals surface area (Å²) in [6.45, 7) is 3.32. The second-order valence-corrected chi connectivity index (χ2v) is 9.95. The first-order valence-corrected chi connectivity index (χ1v) is 13.3. The Bertz CT molecular complexity index is 1030. The van der Waals surface area contributed by atoms with Gasteiger partial charge in [0.1, 0.15) is 5.75 Å². The highest BCUT2D eigenvalue weighted by Crippen LogP contribution is 2.32. The maximum Gasteiger partial charge on any atom is 0.335 e. The van der Waals surface area contributed by atoms with Crippen LogP contribution in [0.4, 0.5) is 11.4 Å².